The topological polar surface area (TPSA) is 152 Å². The van der Waals surface area contributed by atoms with Gasteiger partial charge in [0.15, 0.2) is 0 Å². The molecule has 3 rings (SSSR count). The molecular formula is C22H19BrN8O. The zero-order chi connectivity index (χ0) is 22.9. The summed E-state index contributed by atoms with van der Waals surface area (Å²) in [5, 5.41) is 18.4. The molecule has 1 atom stereocenters. The van der Waals surface area contributed by atoms with E-state index in [-0.39, 0.29) is 28.8 Å². The number of nitrogens with two attached hydrogens (primary N) is 1. The van der Waals surface area contributed by atoms with Crippen molar-refractivity contribution in [3.05, 3.63) is 93.1 Å². The summed E-state index contributed by atoms with van der Waals surface area (Å²) in [6.45, 7) is 0.200. The number of nitrogens with zero attached hydrogens (tertiary/aromatic N) is 5. The smallest absolute Gasteiger partial charge is 0.256 e. The second-order valence-electron chi connectivity index (χ2n) is 6.73. The molecule has 2 aromatic carbocycles. The number of carbonyl (C=O) groups is 1. The molecule has 9 nitrogen and oxygen atoms in total. The van der Waals surface area contributed by atoms with E-state index in [1.54, 1.807) is 30.3 Å². The maximum Gasteiger partial charge on any atom is 0.256 e. The lowest BCUT2D eigenvalue weighted by atomic mass is 9.99. The maximum absolute atomic E-state index is 13.1. The quantitative estimate of drug-likeness (QED) is 0.134. The second-order valence-corrected chi connectivity index (χ2v) is 7.72. The van der Waals surface area contributed by atoms with Gasteiger partial charge in [0, 0.05) is 33.6 Å². The highest BCUT2D eigenvalue weighted by molar-refractivity contribution is 9.09. The van der Waals surface area contributed by atoms with E-state index in [2.05, 4.69) is 47.7 Å². The number of fused-ring (bicyclic) bond motifs is 1. The monoisotopic (exact) mass is 490 g/mol. The minimum Gasteiger partial charge on any atom is -0.400 e. The molecule has 1 amide bonds. The number of carbonyl (C=O) groups excluding carboxylic acids is 1. The summed E-state index contributed by atoms with van der Waals surface area (Å²) in [6.07, 6.45) is 3.20. The van der Waals surface area contributed by atoms with Crippen LogP contribution in [0.5, 0.6) is 0 Å². The van der Waals surface area contributed by atoms with Gasteiger partial charge in [-0.25, -0.2) is 0 Å². The van der Waals surface area contributed by atoms with E-state index in [9.17, 15) is 4.79 Å². The molecule has 1 aliphatic rings. The van der Waals surface area contributed by atoms with Crippen molar-refractivity contribution in [1.29, 1.82) is 5.26 Å². The first-order valence-electron chi connectivity index (χ1n) is 9.53. The van der Waals surface area contributed by atoms with Crippen LogP contribution in [-0.4, -0.2) is 23.6 Å². The van der Waals surface area contributed by atoms with Gasteiger partial charge in [-0.15, -0.1) is 0 Å². The van der Waals surface area contributed by atoms with Gasteiger partial charge in [-0.05, 0) is 35.4 Å². The number of rotatable bonds is 7. The number of hydrogen-bond acceptors (Lipinski definition) is 6. The van der Waals surface area contributed by atoms with E-state index in [1.807, 2.05) is 24.3 Å². The number of aliphatic imine (C=N–C) groups is 1. The Balaban J connectivity index is 1.82. The predicted molar refractivity (Wildman–Crippen MR) is 127 cm³/mol. The van der Waals surface area contributed by atoms with Gasteiger partial charge in [-0.3, -0.25) is 9.79 Å². The molecular weight excluding hydrogens is 472 g/mol. The van der Waals surface area contributed by atoms with Crippen molar-refractivity contribution in [1.82, 2.24) is 5.32 Å². The van der Waals surface area contributed by atoms with Crippen LogP contribution in [0.3, 0.4) is 0 Å². The van der Waals surface area contributed by atoms with Crippen LogP contribution in [0.1, 0.15) is 16.7 Å². The molecule has 10 heteroatoms. The number of allylic oxidation sites excluding steroid dienone is 1. The highest BCUT2D eigenvalue weighted by Crippen LogP contribution is 2.31. The van der Waals surface area contributed by atoms with E-state index < -0.39 is 0 Å². The lowest BCUT2D eigenvalue weighted by molar-refractivity contribution is -0.114. The van der Waals surface area contributed by atoms with Crippen molar-refractivity contribution >= 4 is 39.3 Å². The summed E-state index contributed by atoms with van der Waals surface area (Å²) >= 11 is 3.47. The van der Waals surface area contributed by atoms with Gasteiger partial charge in [0.1, 0.15) is 4.95 Å². The fraction of sp³-hybridized carbons (Fsp3) is 0.136. The first kappa shape index (κ1) is 22.6. The van der Waals surface area contributed by atoms with Crippen LogP contribution in [0, 0.1) is 11.3 Å². The Labute approximate surface area is 193 Å². The fourth-order valence-electron chi connectivity index (χ4n) is 2.97. The molecule has 2 aromatic rings. The van der Waals surface area contributed by atoms with Crippen molar-refractivity contribution in [3.8, 4) is 6.07 Å². The number of nitriles is 1. The molecule has 0 aromatic heterocycles. The first-order chi connectivity index (χ1) is 15.5. The average Bonchev–Trinajstić information content (AvgIpc) is 2.81. The van der Waals surface area contributed by atoms with Gasteiger partial charge in [0.25, 0.3) is 5.91 Å². The third-order valence-electron chi connectivity index (χ3n) is 4.54. The van der Waals surface area contributed by atoms with Gasteiger partial charge in [-0.2, -0.15) is 5.26 Å². The van der Waals surface area contributed by atoms with Crippen LogP contribution in [0.25, 0.3) is 16.0 Å². The highest BCUT2D eigenvalue weighted by Gasteiger charge is 2.22. The van der Waals surface area contributed by atoms with Gasteiger partial charge >= 0.3 is 0 Å². The molecule has 160 valence electrons. The fourth-order valence-corrected chi connectivity index (χ4v) is 3.48. The zero-order valence-electron chi connectivity index (χ0n) is 16.9. The Bertz CT molecular complexity index is 1190. The standard InChI is InChI=1S/C22H19BrN8O/c23-21-9-17(16-3-1-2-4-19(16)29-21)22(32)30-20(18(25)12-28-31-26)13-27-11-15-7-5-14(10-24)6-8-15/h1-9,13,21,29H,11-12,25H2,(H,30,32). The number of halogens is 1. The number of hydrogen-bond donors (Lipinski definition) is 3. The lowest BCUT2D eigenvalue weighted by Crippen LogP contribution is -2.30. The van der Waals surface area contributed by atoms with Crippen LogP contribution in [0.4, 0.5) is 5.69 Å². The molecule has 0 fully saturated rings. The van der Waals surface area contributed by atoms with Crippen molar-refractivity contribution in [2.75, 3.05) is 11.9 Å². The summed E-state index contributed by atoms with van der Waals surface area (Å²) in [6, 6.07) is 16.5. The van der Waals surface area contributed by atoms with Crippen molar-refractivity contribution in [3.63, 3.8) is 0 Å². The largest absolute Gasteiger partial charge is 0.400 e. The normalized spacial score (nSPS) is 15.4. The number of para-hydroxylation sites is 1. The van der Waals surface area contributed by atoms with Crippen molar-refractivity contribution < 1.29 is 4.79 Å². The van der Waals surface area contributed by atoms with E-state index in [4.69, 9.17) is 16.5 Å². The van der Waals surface area contributed by atoms with Crippen LogP contribution in [0.15, 0.2) is 76.1 Å². The minimum atomic E-state index is -0.368. The van der Waals surface area contributed by atoms with E-state index in [0.29, 0.717) is 17.7 Å². The van der Waals surface area contributed by atoms with Crippen LogP contribution >= 0.6 is 15.9 Å². The van der Waals surface area contributed by atoms with Crippen LogP contribution in [-0.2, 0) is 11.3 Å². The Hall–Kier alpha value is -4.06. The van der Waals surface area contributed by atoms with Gasteiger partial charge < -0.3 is 16.4 Å². The minimum absolute atomic E-state index is 0.118. The Morgan fingerprint density at radius 3 is 2.78 bits per heavy atom. The van der Waals surface area contributed by atoms with Crippen LogP contribution in [0.2, 0.25) is 0 Å². The summed E-state index contributed by atoms with van der Waals surface area (Å²) in [5.41, 5.74) is 18.6. The third kappa shape index (κ3) is 5.76. The molecule has 1 unspecified atom stereocenters. The molecule has 0 radical (unpaired) electrons. The average molecular weight is 491 g/mol. The van der Waals surface area contributed by atoms with Gasteiger partial charge in [-0.1, -0.05) is 51.4 Å². The SMILES string of the molecule is N#Cc1ccc(CN=CC(NC(=O)C2=CC(Br)Nc3ccccc32)=C(N)CN=[N+]=[N-])cc1. The highest BCUT2D eigenvalue weighted by atomic mass is 79.9. The summed E-state index contributed by atoms with van der Waals surface area (Å²) < 4.78 is 0. The summed E-state index contributed by atoms with van der Waals surface area (Å²) in [4.78, 5) is 19.9. The molecule has 0 bridgehead atoms. The maximum atomic E-state index is 13.1. The molecule has 4 N–H and O–H groups in total. The summed E-state index contributed by atoms with van der Waals surface area (Å²) in [5.74, 6) is -0.368. The lowest BCUT2D eigenvalue weighted by Gasteiger charge is -2.22. The summed E-state index contributed by atoms with van der Waals surface area (Å²) in [7, 11) is 0. The van der Waals surface area contributed by atoms with E-state index in [0.717, 1.165) is 16.8 Å². The molecule has 0 aliphatic carbocycles. The molecule has 0 saturated carbocycles. The third-order valence-corrected chi connectivity index (χ3v) is 5.04. The van der Waals surface area contributed by atoms with E-state index >= 15 is 0 Å². The number of alkyl halides is 1. The van der Waals surface area contributed by atoms with Gasteiger partial charge in [0.2, 0.25) is 0 Å². The zero-order valence-corrected chi connectivity index (χ0v) is 18.5. The van der Waals surface area contributed by atoms with Gasteiger partial charge in [0.05, 0.1) is 30.4 Å². The Morgan fingerprint density at radius 1 is 1.31 bits per heavy atom. The number of azide groups is 1. The molecule has 1 heterocycles. The molecule has 0 spiro atoms. The van der Waals surface area contributed by atoms with Crippen molar-refractivity contribution in [2.45, 2.75) is 11.5 Å². The molecule has 32 heavy (non-hydrogen) atoms. The second kappa shape index (κ2) is 10.8. The Morgan fingerprint density at radius 2 is 2.06 bits per heavy atom. The first-order valence-corrected chi connectivity index (χ1v) is 10.4. The Kier molecular flexibility index (Phi) is 7.65. The number of anilines is 1. The number of amides is 1. The molecule has 0 saturated heterocycles. The van der Waals surface area contributed by atoms with E-state index in [1.165, 1.54) is 6.21 Å². The van der Waals surface area contributed by atoms with Crippen molar-refractivity contribution in [2.24, 2.45) is 15.8 Å². The van der Waals surface area contributed by atoms with Crippen LogP contribution < -0.4 is 16.4 Å². The molecule has 1 aliphatic heterocycles. The predicted octanol–water partition coefficient (Wildman–Crippen LogP) is 3.96. The number of benzene rings is 2. The number of nitrogens with one attached hydrogen (secondary N) is 2.